The minimum absolute atomic E-state index is 0.191. The van der Waals surface area contributed by atoms with E-state index < -0.39 is 0 Å². The molecule has 0 spiro atoms. The molecule has 0 unspecified atom stereocenters. The molecule has 0 aliphatic carbocycles. The summed E-state index contributed by atoms with van der Waals surface area (Å²) in [6.07, 6.45) is 8.38. The molecule has 0 N–H and O–H groups in total. The number of hydrogen-bond donors (Lipinski definition) is 0. The smallest absolute Gasteiger partial charge is 0.0259 e. The van der Waals surface area contributed by atoms with E-state index in [1.807, 2.05) is 17.8 Å². The van der Waals surface area contributed by atoms with Gasteiger partial charge in [-0.15, -0.1) is 11.8 Å². The second kappa shape index (κ2) is 3.57. The summed E-state index contributed by atoms with van der Waals surface area (Å²) < 4.78 is 0.298. The Kier molecular flexibility index (Phi) is 2.59. The molecular weight excluding hydrogens is 212 g/mol. The lowest BCUT2D eigenvalue weighted by atomic mass is 9.76. The van der Waals surface area contributed by atoms with Gasteiger partial charge in [-0.2, -0.15) is 0 Å². The highest BCUT2D eigenvalue weighted by Crippen LogP contribution is 2.50. The fourth-order valence-corrected chi connectivity index (χ4v) is 4.33. The molecule has 2 rings (SSSR count). The second-order valence-electron chi connectivity index (χ2n) is 5.76. The van der Waals surface area contributed by atoms with Gasteiger partial charge in [-0.3, -0.25) is 0 Å². The normalized spacial score (nSPS) is 20.9. The Balaban J connectivity index is 2.57. The van der Waals surface area contributed by atoms with Gasteiger partial charge in [0.1, 0.15) is 0 Å². The third-order valence-corrected chi connectivity index (χ3v) is 4.38. The summed E-state index contributed by atoms with van der Waals surface area (Å²) in [5.41, 5.74) is 2.44. The number of fused-ring (bicyclic) bond motifs is 1. The molecule has 0 saturated heterocycles. The molecule has 0 amide bonds. The summed E-state index contributed by atoms with van der Waals surface area (Å²) in [6, 6.07) is 6.24. The lowest BCUT2D eigenvalue weighted by Crippen LogP contribution is -2.33. The van der Waals surface area contributed by atoms with E-state index in [2.05, 4.69) is 45.7 Å². The van der Waals surface area contributed by atoms with Crippen molar-refractivity contribution in [1.29, 1.82) is 0 Å². The number of hydrogen-bond acceptors (Lipinski definition) is 1. The first-order chi connectivity index (χ1) is 7.34. The molecule has 0 bridgehead atoms. The molecule has 1 radical (unpaired) electrons. The first-order valence-electron chi connectivity index (χ1n) is 5.60. The maximum Gasteiger partial charge on any atom is 0.0259 e. The van der Waals surface area contributed by atoms with Crippen LogP contribution in [0.1, 0.15) is 45.2 Å². The highest BCUT2D eigenvalue weighted by atomic mass is 32.2. The first-order valence-corrected chi connectivity index (χ1v) is 6.42. The summed E-state index contributed by atoms with van der Waals surface area (Å²) in [7, 11) is 0. The molecule has 1 aliphatic rings. The van der Waals surface area contributed by atoms with Crippen molar-refractivity contribution in [2.75, 3.05) is 0 Å². The molecule has 1 heterocycles. The standard InChI is InChI=1S/C15H17S/c1-6-11-7-8-13-12(9-11)14(2,3)10-15(4,5)16-13/h7-9H,10H2,2-5H3. The Morgan fingerprint density at radius 1 is 1.25 bits per heavy atom. The van der Waals surface area contributed by atoms with Gasteiger partial charge in [0.05, 0.1) is 0 Å². The fourth-order valence-electron chi connectivity index (χ4n) is 2.72. The minimum atomic E-state index is 0.191. The van der Waals surface area contributed by atoms with Gasteiger partial charge in [-0.25, -0.2) is 0 Å². The minimum Gasteiger partial charge on any atom is -0.120 e. The van der Waals surface area contributed by atoms with Crippen LogP contribution in [0.2, 0.25) is 0 Å². The monoisotopic (exact) mass is 229 g/mol. The van der Waals surface area contributed by atoms with Gasteiger partial charge in [0.15, 0.2) is 0 Å². The van der Waals surface area contributed by atoms with Crippen molar-refractivity contribution < 1.29 is 0 Å². The quantitative estimate of drug-likeness (QED) is 0.601. The van der Waals surface area contributed by atoms with E-state index in [1.165, 1.54) is 16.9 Å². The topological polar surface area (TPSA) is 0 Å². The van der Waals surface area contributed by atoms with Crippen molar-refractivity contribution in [1.82, 2.24) is 0 Å². The Bertz CT molecular complexity index is 461. The molecule has 0 saturated carbocycles. The van der Waals surface area contributed by atoms with Crippen LogP contribution >= 0.6 is 11.8 Å². The summed E-state index contributed by atoms with van der Waals surface area (Å²) in [5, 5.41) is 0. The highest BCUT2D eigenvalue weighted by molar-refractivity contribution is 8.00. The predicted molar refractivity (Wildman–Crippen MR) is 70.3 cm³/mol. The van der Waals surface area contributed by atoms with E-state index in [0.717, 1.165) is 5.56 Å². The Labute approximate surface area is 103 Å². The maximum atomic E-state index is 7.21. The number of thioether (sulfide) groups is 1. The third kappa shape index (κ3) is 1.99. The van der Waals surface area contributed by atoms with Crippen LogP contribution in [0.3, 0.4) is 0 Å². The van der Waals surface area contributed by atoms with Crippen LogP contribution in [0, 0.1) is 12.3 Å². The molecule has 0 nitrogen and oxygen atoms in total. The molecule has 83 valence electrons. The van der Waals surface area contributed by atoms with Crippen molar-refractivity contribution in [3.63, 3.8) is 0 Å². The molecule has 1 heteroatoms. The number of benzene rings is 1. The summed E-state index contributed by atoms with van der Waals surface area (Å²) in [5.74, 6) is 2.48. The van der Waals surface area contributed by atoms with Crippen LogP contribution in [-0.4, -0.2) is 4.75 Å². The van der Waals surface area contributed by atoms with Crippen LogP contribution in [0.25, 0.3) is 0 Å². The van der Waals surface area contributed by atoms with Crippen molar-refractivity contribution >= 4 is 11.8 Å². The van der Waals surface area contributed by atoms with Crippen molar-refractivity contribution in [2.45, 2.75) is 49.2 Å². The summed E-state index contributed by atoms with van der Waals surface area (Å²) >= 11 is 1.95. The lowest BCUT2D eigenvalue weighted by Gasteiger charge is -2.41. The van der Waals surface area contributed by atoms with Gasteiger partial charge in [0.2, 0.25) is 0 Å². The predicted octanol–water partition coefficient (Wildman–Crippen LogP) is 4.18. The molecule has 0 atom stereocenters. The molecular formula is C15H17S. The largest absolute Gasteiger partial charge is 0.120 e. The van der Waals surface area contributed by atoms with E-state index in [1.54, 1.807) is 0 Å². The first kappa shape index (κ1) is 11.6. The van der Waals surface area contributed by atoms with Gasteiger partial charge in [-0.1, -0.05) is 33.6 Å². The fraction of sp³-hybridized carbons (Fsp3) is 0.467. The van der Waals surface area contributed by atoms with E-state index in [4.69, 9.17) is 6.42 Å². The molecule has 0 fully saturated rings. The zero-order valence-corrected chi connectivity index (χ0v) is 11.2. The van der Waals surface area contributed by atoms with Crippen molar-refractivity contribution in [2.24, 2.45) is 0 Å². The lowest BCUT2D eigenvalue weighted by molar-refractivity contribution is 0.408. The van der Waals surface area contributed by atoms with Gasteiger partial charge in [-0.05, 0) is 42.0 Å². The molecule has 1 aromatic carbocycles. The molecule has 0 aromatic heterocycles. The van der Waals surface area contributed by atoms with E-state index in [-0.39, 0.29) is 5.41 Å². The molecule has 1 aliphatic heterocycles. The highest BCUT2D eigenvalue weighted by Gasteiger charge is 2.37. The van der Waals surface area contributed by atoms with Crippen LogP contribution < -0.4 is 0 Å². The van der Waals surface area contributed by atoms with Crippen molar-refractivity contribution in [3.8, 4) is 5.92 Å². The maximum absolute atomic E-state index is 7.21. The van der Waals surface area contributed by atoms with E-state index in [9.17, 15) is 0 Å². The molecule has 16 heavy (non-hydrogen) atoms. The second-order valence-corrected chi connectivity index (χ2v) is 7.51. The van der Waals surface area contributed by atoms with Crippen molar-refractivity contribution in [3.05, 3.63) is 35.7 Å². The Morgan fingerprint density at radius 2 is 1.94 bits per heavy atom. The van der Waals surface area contributed by atoms with Gasteiger partial charge in [0.25, 0.3) is 0 Å². The molecule has 1 aromatic rings. The average Bonchev–Trinajstić information content (AvgIpc) is 2.14. The summed E-state index contributed by atoms with van der Waals surface area (Å²) in [6.45, 7) is 9.19. The van der Waals surface area contributed by atoms with Gasteiger partial charge >= 0.3 is 0 Å². The van der Waals surface area contributed by atoms with Crippen LogP contribution in [0.5, 0.6) is 0 Å². The van der Waals surface area contributed by atoms with Gasteiger partial charge < -0.3 is 0 Å². The van der Waals surface area contributed by atoms with E-state index in [0.29, 0.717) is 4.75 Å². The zero-order valence-electron chi connectivity index (χ0n) is 10.3. The van der Waals surface area contributed by atoms with Crippen LogP contribution in [0.15, 0.2) is 23.1 Å². The number of rotatable bonds is 0. The zero-order chi connectivity index (χ0) is 12.0. The SMILES string of the molecule is [C]#Cc1ccc2c(c1)C(C)(C)CC(C)(C)S2. The Hall–Kier alpha value is -0.870. The Morgan fingerprint density at radius 3 is 2.56 bits per heavy atom. The summed E-state index contributed by atoms with van der Waals surface area (Å²) in [4.78, 5) is 1.36. The van der Waals surface area contributed by atoms with Gasteiger partial charge in [0, 0.05) is 15.2 Å². The van der Waals surface area contributed by atoms with Crippen LogP contribution in [-0.2, 0) is 5.41 Å². The van der Waals surface area contributed by atoms with Crippen LogP contribution in [0.4, 0.5) is 0 Å². The third-order valence-electron chi connectivity index (χ3n) is 3.11. The average molecular weight is 229 g/mol. The van der Waals surface area contributed by atoms with E-state index >= 15 is 0 Å².